The van der Waals surface area contributed by atoms with Crippen LogP contribution in [-0.4, -0.2) is 48.8 Å². The summed E-state index contributed by atoms with van der Waals surface area (Å²) in [5.41, 5.74) is 1.33. The highest BCUT2D eigenvalue weighted by Crippen LogP contribution is 2.32. The molecule has 3 aromatic rings. The maximum absolute atomic E-state index is 10.4. The van der Waals surface area contributed by atoms with E-state index in [1.807, 2.05) is 31.2 Å². The molecule has 1 N–H and O–H groups in total. The van der Waals surface area contributed by atoms with E-state index >= 15 is 0 Å². The second-order valence-corrected chi connectivity index (χ2v) is 9.21. The molecule has 4 rings (SSSR count). The van der Waals surface area contributed by atoms with E-state index in [1.165, 1.54) is 0 Å². The van der Waals surface area contributed by atoms with E-state index in [2.05, 4.69) is 36.0 Å². The Balaban J connectivity index is 1.84. The number of hydrogen-bond acceptors (Lipinski definition) is 6. The Hall–Kier alpha value is -2.25. The predicted octanol–water partition coefficient (Wildman–Crippen LogP) is 3.18. The number of aromatic nitrogens is 5. The van der Waals surface area contributed by atoms with Crippen LogP contribution in [0.3, 0.4) is 0 Å². The number of halogens is 1. The van der Waals surface area contributed by atoms with E-state index in [0.717, 1.165) is 23.8 Å². The molecule has 0 aliphatic carbocycles. The smallest absolute Gasteiger partial charge is 0.184 e. The second kappa shape index (κ2) is 6.67. The minimum absolute atomic E-state index is 0.231. The van der Waals surface area contributed by atoms with Crippen molar-refractivity contribution in [1.29, 1.82) is 0 Å². The Labute approximate surface area is 169 Å². The van der Waals surface area contributed by atoms with Crippen LogP contribution in [0.15, 0.2) is 24.3 Å². The van der Waals surface area contributed by atoms with Crippen LogP contribution in [0.4, 0.5) is 5.82 Å². The van der Waals surface area contributed by atoms with Gasteiger partial charge in [-0.05, 0) is 25.0 Å². The number of hydrogen-bond donors (Lipinski definition) is 1. The van der Waals surface area contributed by atoms with Crippen molar-refractivity contribution in [2.45, 2.75) is 51.7 Å². The van der Waals surface area contributed by atoms with Crippen LogP contribution < -0.4 is 4.90 Å². The van der Waals surface area contributed by atoms with Crippen LogP contribution in [0.5, 0.6) is 0 Å². The molecule has 0 spiro atoms. The van der Waals surface area contributed by atoms with Gasteiger partial charge in [0.2, 0.25) is 0 Å². The summed E-state index contributed by atoms with van der Waals surface area (Å²) in [6.45, 7) is 9.82. The van der Waals surface area contributed by atoms with Crippen LogP contribution in [0.25, 0.3) is 11.2 Å². The largest absolute Gasteiger partial charge is 0.388 e. The molecule has 0 amide bonds. The molecule has 2 aromatic heterocycles. The molecule has 148 valence electrons. The van der Waals surface area contributed by atoms with Crippen LogP contribution in [0, 0.1) is 0 Å². The fraction of sp³-hybridized carbons (Fsp3) is 0.500. The Bertz CT molecular complexity index is 1020. The molecule has 8 heteroatoms. The van der Waals surface area contributed by atoms with E-state index in [-0.39, 0.29) is 5.41 Å². The third-order valence-electron chi connectivity index (χ3n) is 5.04. The van der Waals surface area contributed by atoms with Gasteiger partial charge < -0.3 is 10.0 Å². The standard InChI is InChI=1S/C20H25ClN6O/c1-19(2,3)18-22-16(26-10-9-20(4,28)12-26)15-17(23-18)27(25-24-15)11-13-7-5-6-8-14(13)21/h5-8,28H,9-12H2,1-4H3. The molecule has 3 heterocycles. The van der Waals surface area contributed by atoms with Crippen molar-refractivity contribution in [2.24, 2.45) is 0 Å². The van der Waals surface area contributed by atoms with Crippen molar-refractivity contribution < 1.29 is 5.11 Å². The highest BCUT2D eigenvalue weighted by Gasteiger charge is 2.34. The van der Waals surface area contributed by atoms with E-state index in [4.69, 9.17) is 21.6 Å². The summed E-state index contributed by atoms with van der Waals surface area (Å²) in [5, 5.41) is 19.8. The van der Waals surface area contributed by atoms with Crippen molar-refractivity contribution in [2.75, 3.05) is 18.0 Å². The molecule has 1 fully saturated rings. The molecule has 7 nitrogen and oxygen atoms in total. The highest BCUT2D eigenvalue weighted by molar-refractivity contribution is 6.31. The molecule has 1 aliphatic heterocycles. The second-order valence-electron chi connectivity index (χ2n) is 8.80. The van der Waals surface area contributed by atoms with Gasteiger partial charge in [0, 0.05) is 23.5 Å². The van der Waals surface area contributed by atoms with Crippen molar-refractivity contribution >= 4 is 28.6 Å². The van der Waals surface area contributed by atoms with Crippen LogP contribution in [-0.2, 0) is 12.0 Å². The lowest BCUT2D eigenvalue weighted by molar-refractivity contribution is 0.0839. The zero-order chi connectivity index (χ0) is 20.1. The Morgan fingerprint density at radius 3 is 2.61 bits per heavy atom. The van der Waals surface area contributed by atoms with Gasteiger partial charge in [-0.1, -0.05) is 55.8 Å². The summed E-state index contributed by atoms with van der Waals surface area (Å²) in [7, 11) is 0. The maximum atomic E-state index is 10.4. The Kier molecular flexibility index (Phi) is 4.55. The quantitative estimate of drug-likeness (QED) is 0.727. The lowest BCUT2D eigenvalue weighted by Crippen LogP contribution is -2.31. The normalized spacial score (nSPS) is 20.3. The lowest BCUT2D eigenvalue weighted by Gasteiger charge is -2.23. The summed E-state index contributed by atoms with van der Waals surface area (Å²) in [4.78, 5) is 11.7. The number of benzene rings is 1. The molecular formula is C20H25ClN6O. The summed E-state index contributed by atoms with van der Waals surface area (Å²) in [5.74, 6) is 1.46. The van der Waals surface area contributed by atoms with E-state index < -0.39 is 5.60 Å². The number of anilines is 1. The van der Waals surface area contributed by atoms with E-state index in [9.17, 15) is 5.11 Å². The average molecular weight is 401 g/mol. The zero-order valence-corrected chi connectivity index (χ0v) is 17.4. The third kappa shape index (κ3) is 3.56. The zero-order valence-electron chi connectivity index (χ0n) is 16.6. The van der Waals surface area contributed by atoms with Gasteiger partial charge in [-0.15, -0.1) is 5.10 Å². The maximum Gasteiger partial charge on any atom is 0.184 e. The van der Waals surface area contributed by atoms with Gasteiger partial charge in [0.1, 0.15) is 5.82 Å². The first-order valence-electron chi connectivity index (χ1n) is 9.46. The van der Waals surface area contributed by atoms with Crippen LogP contribution >= 0.6 is 11.6 Å². The molecule has 0 bridgehead atoms. The molecule has 1 aromatic carbocycles. The first-order valence-corrected chi connectivity index (χ1v) is 9.84. The molecule has 1 unspecified atom stereocenters. The Morgan fingerprint density at radius 1 is 1.21 bits per heavy atom. The average Bonchev–Trinajstić information content (AvgIpc) is 3.18. The molecule has 28 heavy (non-hydrogen) atoms. The van der Waals surface area contributed by atoms with Gasteiger partial charge in [-0.2, -0.15) is 0 Å². The lowest BCUT2D eigenvalue weighted by atomic mass is 9.96. The topological polar surface area (TPSA) is 80.0 Å². The molecule has 0 saturated carbocycles. The molecule has 0 radical (unpaired) electrons. The number of nitrogens with zero attached hydrogens (tertiary/aromatic N) is 6. The third-order valence-corrected chi connectivity index (χ3v) is 5.41. The molecule has 1 aliphatic rings. The number of rotatable bonds is 3. The number of β-amino-alcohol motifs (C(OH)–C–C–N with tert-alkyl or cyclic N) is 1. The van der Waals surface area contributed by atoms with Gasteiger partial charge in [0.05, 0.1) is 12.1 Å². The summed E-state index contributed by atoms with van der Waals surface area (Å²) >= 11 is 6.33. The predicted molar refractivity (Wildman–Crippen MR) is 110 cm³/mol. The minimum Gasteiger partial charge on any atom is -0.388 e. The van der Waals surface area contributed by atoms with Gasteiger partial charge in [-0.3, -0.25) is 0 Å². The van der Waals surface area contributed by atoms with Gasteiger partial charge >= 0.3 is 0 Å². The van der Waals surface area contributed by atoms with Crippen molar-refractivity contribution in [1.82, 2.24) is 25.0 Å². The van der Waals surface area contributed by atoms with Gasteiger partial charge in [0.25, 0.3) is 0 Å². The fourth-order valence-electron chi connectivity index (χ4n) is 3.42. The Morgan fingerprint density at radius 2 is 1.96 bits per heavy atom. The highest BCUT2D eigenvalue weighted by atomic mass is 35.5. The van der Waals surface area contributed by atoms with Gasteiger partial charge in [0.15, 0.2) is 17.0 Å². The monoisotopic (exact) mass is 400 g/mol. The summed E-state index contributed by atoms with van der Waals surface area (Å²) in [6, 6.07) is 7.69. The van der Waals surface area contributed by atoms with Crippen LogP contribution in [0.1, 0.15) is 45.5 Å². The number of aliphatic hydroxyl groups is 1. The first-order chi connectivity index (χ1) is 13.1. The molecular weight excluding hydrogens is 376 g/mol. The van der Waals surface area contributed by atoms with E-state index in [0.29, 0.717) is 35.7 Å². The summed E-state index contributed by atoms with van der Waals surface area (Å²) in [6.07, 6.45) is 0.692. The van der Waals surface area contributed by atoms with Crippen molar-refractivity contribution in [3.8, 4) is 0 Å². The first kappa shape index (κ1) is 19.1. The van der Waals surface area contributed by atoms with E-state index in [1.54, 1.807) is 4.68 Å². The van der Waals surface area contributed by atoms with Crippen molar-refractivity contribution in [3.05, 3.63) is 40.7 Å². The minimum atomic E-state index is -0.729. The summed E-state index contributed by atoms with van der Waals surface area (Å²) < 4.78 is 1.77. The fourth-order valence-corrected chi connectivity index (χ4v) is 3.61. The molecule has 1 saturated heterocycles. The van der Waals surface area contributed by atoms with Crippen molar-refractivity contribution in [3.63, 3.8) is 0 Å². The van der Waals surface area contributed by atoms with Crippen LogP contribution in [0.2, 0.25) is 5.02 Å². The number of fused-ring (bicyclic) bond motifs is 1. The SMILES string of the molecule is CC1(O)CCN(c2nc(C(C)(C)C)nc3c2nnn3Cc2ccccc2Cl)C1. The molecule has 1 atom stereocenters. The van der Waals surface area contributed by atoms with Gasteiger partial charge in [-0.25, -0.2) is 14.6 Å².